The van der Waals surface area contributed by atoms with Crippen molar-refractivity contribution in [2.75, 3.05) is 0 Å². The van der Waals surface area contributed by atoms with Crippen LogP contribution >= 0.6 is 0 Å². The van der Waals surface area contributed by atoms with Crippen LogP contribution in [0.2, 0.25) is 0 Å². The van der Waals surface area contributed by atoms with E-state index in [9.17, 15) is 10.1 Å². The summed E-state index contributed by atoms with van der Waals surface area (Å²) in [5.74, 6) is -0.124. The fourth-order valence-corrected chi connectivity index (χ4v) is 2.47. The van der Waals surface area contributed by atoms with Gasteiger partial charge in [0.25, 0.3) is 0 Å². The smallest absolute Gasteiger partial charge is 0.224 e. The summed E-state index contributed by atoms with van der Waals surface area (Å²) < 4.78 is 0. The average Bonchev–Trinajstić information content (AvgIpc) is 2.43. The second-order valence-corrected chi connectivity index (χ2v) is 4.60. The molecule has 2 aromatic carbocycles. The number of amides is 1. The summed E-state index contributed by atoms with van der Waals surface area (Å²) in [5.41, 5.74) is 1.89. The Morgan fingerprint density at radius 3 is 2.58 bits per heavy atom. The zero-order valence-electron chi connectivity index (χ0n) is 10.5. The molecular formula is C16H12N2O. The monoisotopic (exact) mass is 248 g/mol. The van der Waals surface area contributed by atoms with Crippen molar-refractivity contribution in [3.8, 4) is 6.07 Å². The third kappa shape index (κ3) is 1.78. The van der Waals surface area contributed by atoms with Gasteiger partial charge in [0, 0.05) is 13.1 Å². The SMILES string of the molecule is CC(=O)N1C=Cc2cc3ccccc3cc2C1C#N. The van der Waals surface area contributed by atoms with Gasteiger partial charge in [0.2, 0.25) is 5.91 Å². The summed E-state index contributed by atoms with van der Waals surface area (Å²) in [5, 5.41) is 11.6. The van der Waals surface area contributed by atoms with Crippen LogP contribution in [0.1, 0.15) is 24.1 Å². The number of benzene rings is 2. The second-order valence-electron chi connectivity index (χ2n) is 4.60. The summed E-state index contributed by atoms with van der Waals surface area (Å²) in [6.45, 7) is 1.47. The molecule has 1 heterocycles. The van der Waals surface area contributed by atoms with Crippen LogP contribution in [0.3, 0.4) is 0 Å². The Bertz CT molecular complexity index is 740. The van der Waals surface area contributed by atoms with Crippen molar-refractivity contribution in [3.05, 3.63) is 53.7 Å². The first-order valence-electron chi connectivity index (χ1n) is 6.10. The molecule has 2 aromatic rings. The van der Waals surface area contributed by atoms with E-state index in [1.807, 2.05) is 36.4 Å². The largest absolute Gasteiger partial charge is 0.299 e. The third-order valence-electron chi connectivity index (χ3n) is 3.42. The third-order valence-corrected chi connectivity index (χ3v) is 3.42. The van der Waals surface area contributed by atoms with E-state index in [1.54, 1.807) is 6.20 Å². The molecule has 3 rings (SSSR count). The lowest BCUT2D eigenvalue weighted by molar-refractivity contribution is -0.127. The molecule has 0 fully saturated rings. The molecule has 19 heavy (non-hydrogen) atoms. The average molecular weight is 248 g/mol. The number of rotatable bonds is 0. The van der Waals surface area contributed by atoms with Crippen molar-refractivity contribution in [3.63, 3.8) is 0 Å². The lowest BCUT2D eigenvalue weighted by Crippen LogP contribution is -2.29. The van der Waals surface area contributed by atoms with Gasteiger partial charge >= 0.3 is 0 Å². The van der Waals surface area contributed by atoms with Gasteiger partial charge in [-0.2, -0.15) is 5.26 Å². The Hall–Kier alpha value is -2.60. The molecule has 0 saturated heterocycles. The van der Waals surface area contributed by atoms with Crippen LogP contribution in [-0.4, -0.2) is 10.8 Å². The van der Waals surface area contributed by atoms with Gasteiger partial charge in [0.1, 0.15) is 6.04 Å². The van der Waals surface area contributed by atoms with Crippen molar-refractivity contribution >= 4 is 22.8 Å². The Morgan fingerprint density at radius 1 is 1.26 bits per heavy atom. The van der Waals surface area contributed by atoms with Crippen LogP contribution in [-0.2, 0) is 4.79 Å². The number of hydrogen-bond donors (Lipinski definition) is 0. The van der Waals surface area contributed by atoms with E-state index in [0.717, 1.165) is 21.9 Å². The first-order valence-corrected chi connectivity index (χ1v) is 6.10. The summed E-state index contributed by atoms with van der Waals surface area (Å²) in [7, 11) is 0. The van der Waals surface area contributed by atoms with Gasteiger partial charge in [0.05, 0.1) is 6.07 Å². The van der Waals surface area contributed by atoms with Crippen molar-refractivity contribution in [2.45, 2.75) is 13.0 Å². The predicted molar refractivity (Wildman–Crippen MR) is 73.9 cm³/mol. The molecule has 1 aliphatic rings. The molecule has 1 aliphatic heterocycles. The maximum Gasteiger partial charge on any atom is 0.224 e. The van der Waals surface area contributed by atoms with E-state index in [4.69, 9.17) is 0 Å². The normalized spacial score (nSPS) is 17.1. The summed E-state index contributed by atoms with van der Waals surface area (Å²) in [6, 6.07) is 13.7. The molecule has 1 unspecified atom stereocenters. The van der Waals surface area contributed by atoms with Crippen LogP contribution < -0.4 is 0 Å². The van der Waals surface area contributed by atoms with Crippen molar-refractivity contribution in [2.24, 2.45) is 0 Å². The molecule has 0 aliphatic carbocycles. The number of nitriles is 1. The summed E-state index contributed by atoms with van der Waals surface area (Å²) in [6.07, 6.45) is 3.57. The maximum absolute atomic E-state index is 11.6. The van der Waals surface area contributed by atoms with E-state index in [2.05, 4.69) is 12.1 Å². The Morgan fingerprint density at radius 2 is 1.95 bits per heavy atom. The van der Waals surface area contributed by atoms with Crippen LogP contribution in [0, 0.1) is 11.3 Å². The molecular weight excluding hydrogens is 236 g/mol. The van der Waals surface area contributed by atoms with Gasteiger partial charge in [-0.1, -0.05) is 24.3 Å². The predicted octanol–water partition coefficient (Wildman–Crippen LogP) is 3.24. The fourth-order valence-electron chi connectivity index (χ4n) is 2.47. The van der Waals surface area contributed by atoms with Crippen LogP contribution in [0.25, 0.3) is 16.8 Å². The first kappa shape index (κ1) is 11.5. The Labute approximate surface area is 111 Å². The van der Waals surface area contributed by atoms with Crippen molar-refractivity contribution in [1.82, 2.24) is 4.90 Å². The minimum atomic E-state index is -0.540. The molecule has 0 aromatic heterocycles. The Balaban J connectivity index is 2.24. The zero-order chi connectivity index (χ0) is 13.4. The lowest BCUT2D eigenvalue weighted by Gasteiger charge is -2.28. The maximum atomic E-state index is 11.6. The van der Waals surface area contributed by atoms with E-state index >= 15 is 0 Å². The molecule has 3 nitrogen and oxygen atoms in total. The molecule has 1 atom stereocenters. The van der Waals surface area contributed by atoms with E-state index in [1.165, 1.54) is 11.8 Å². The molecule has 0 radical (unpaired) electrons. The van der Waals surface area contributed by atoms with Crippen LogP contribution in [0.15, 0.2) is 42.6 Å². The zero-order valence-corrected chi connectivity index (χ0v) is 10.5. The molecule has 0 N–H and O–H groups in total. The topological polar surface area (TPSA) is 44.1 Å². The van der Waals surface area contributed by atoms with Crippen LogP contribution in [0.5, 0.6) is 0 Å². The van der Waals surface area contributed by atoms with Crippen molar-refractivity contribution in [1.29, 1.82) is 5.26 Å². The van der Waals surface area contributed by atoms with Gasteiger partial charge in [0.15, 0.2) is 0 Å². The molecule has 0 saturated carbocycles. The molecule has 92 valence electrons. The highest BCUT2D eigenvalue weighted by atomic mass is 16.2. The van der Waals surface area contributed by atoms with Gasteiger partial charge in [-0.3, -0.25) is 9.69 Å². The van der Waals surface area contributed by atoms with E-state index < -0.39 is 6.04 Å². The number of hydrogen-bond acceptors (Lipinski definition) is 2. The van der Waals surface area contributed by atoms with E-state index in [-0.39, 0.29) is 5.91 Å². The highest BCUT2D eigenvalue weighted by Gasteiger charge is 2.26. The van der Waals surface area contributed by atoms with Crippen molar-refractivity contribution < 1.29 is 4.79 Å². The fraction of sp³-hybridized carbons (Fsp3) is 0.125. The Kier molecular flexibility index (Phi) is 2.57. The summed E-state index contributed by atoms with van der Waals surface area (Å²) >= 11 is 0. The highest BCUT2D eigenvalue weighted by molar-refractivity contribution is 5.88. The molecule has 1 amide bonds. The second kappa shape index (κ2) is 4.25. The minimum absolute atomic E-state index is 0.124. The van der Waals surface area contributed by atoms with Gasteiger partial charge in [-0.05, 0) is 40.1 Å². The first-order chi connectivity index (χ1) is 9.20. The number of carbonyl (C=O) groups excluding carboxylic acids is 1. The highest BCUT2D eigenvalue weighted by Crippen LogP contribution is 2.33. The lowest BCUT2D eigenvalue weighted by atomic mass is 9.93. The number of nitrogens with zero attached hydrogens (tertiary/aromatic N) is 2. The van der Waals surface area contributed by atoms with Gasteiger partial charge in [-0.25, -0.2) is 0 Å². The number of fused-ring (bicyclic) bond motifs is 2. The van der Waals surface area contributed by atoms with Crippen LogP contribution in [0.4, 0.5) is 0 Å². The number of carbonyl (C=O) groups is 1. The quantitative estimate of drug-likeness (QED) is 0.718. The minimum Gasteiger partial charge on any atom is -0.299 e. The molecule has 0 spiro atoms. The summed E-state index contributed by atoms with van der Waals surface area (Å²) in [4.78, 5) is 13.0. The molecule has 3 heteroatoms. The van der Waals surface area contributed by atoms with Gasteiger partial charge < -0.3 is 0 Å². The standard InChI is InChI=1S/C16H12N2O/c1-11(19)18-7-6-14-8-12-4-2-3-5-13(12)9-15(14)16(18)10-17/h2-9,16H,1H3. The van der Waals surface area contributed by atoms with E-state index in [0.29, 0.717) is 0 Å². The van der Waals surface area contributed by atoms with Gasteiger partial charge in [-0.15, -0.1) is 0 Å². The molecule has 0 bridgehead atoms.